The molecule has 0 aliphatic carbocycles. The summed E-state index contributed by atoms with van der Waals surface area (Å²) in [5.41, 5.74) is 2.74. The molecule has 32 heavy (non-hydrogen) atoms. The van der Waals surface area contributed by atoms with Crippen molar-refractivity contribution in [3.8, 4) is 22.8 Å². The SMILES string of the molecule is COc1ccc(-c2cc(=[NH+]c3ccccc3)c3ccccc3o2)cc1OC.F[B-](F)(F)F. The molecule has 166 valence electrons. The normalized spacial score (nSPS) is 11.6. The van der Waals surface area contributed by atoms with Crippen LogP contribution in [-0.4, -0.2) is 21.5 Å². The molecule has 0 aliphatic rings. The number of nitrogens with one attached hydrogen (secondary N) is 1. The van der Waals surface area contributed by atoms with Crippen LogP contribution in [0.2, 0.25) is 0 Å². The highest BCUT2D eigenvalue weighted by atomic mass is 19.5. The van der Waals surface area contributed by atoms with Gasteiger partial charge in [0.05, 0.1) is 25.7 Å². The third-order valence-corrected chi connectivity index (χ3v) is 4.39. The van der Waals surface area contributed by atoms with Crippen LogP contribution in [0.25, 0.3) is 22.3 Å². The molecule has 0 amide bonds. The average Bonchev–Trinajstić information content (AvgIpc) is 2.78. The maximum atomic E-state index is 9.75. The van der Waals surface area contributed by atoms with E-state index in [1.54, 1.807) is 14.2 Å². The minimum Gasteiger partial charge on any atom is -0.493 e. The van der Waals surface area contributed by atoms with Crippen LogP contribution in [0, 0.1) is 0 Å². The van der Waals surface area contributed by atoms with Crippen molar-refractivity contribution in [2.24, 2.45) is 0 Å². The largest absolute Gasteiger partial charge is 0.673 e. The zero-order valence-electron chi connectivity index (χ0n) is 17.3. The fraction of sp³-hybridized carbons (Fsp3) is 0.0870. The van der Waals surface area contributed by atoms with Crippen LogP contribution in [0.15, 0.2) is 83.3 Å². The quantitative estimate of drug-likeness (QED) is 0.365. The lowest BCUT2D eigenvalue weighted by Crippen LogP contribution is -2.70. The fourth-order valence-corrected chi connectivity index (χ4v) is 3.05. The number of ether oxygens (including phenoxy) is 2. The number of halogens is 4. The number of methoxy groups -OCH3 is 2. The van der Waals surface area contributed by atoms with Crippen molar-refractivity contribution in [2.45, 2.75) is 0 Å². The summed E-state index contributed by atoms with van der Waals surface area (Å²) in [6.07, 6.45) is 0. The first-order chi connectivity index (χ1) is 15.3. The Labute approximate surface area is 181 Å². The molecule has 3 aromatic carbocycles. The van der Waals surface area contributed by atoms with Crippen molar-refractivity contribution in [2.75, 3.05) is 14.2 Å². The second-order valence-corrected chi connectivity index (χ2v) is 6.58. The second-order valence-electron chi connectivity index (χ2n) is 6.58. The zero-order valence-corrected chi connectivity index (χ0v) is 17.3. The molecule has 1 N–H and O–H groups in total. The number of fused-ring (bicyclic) bond motifs is 1. The van der Waals surface area contributed by atoms with Crippen LogP contribution >= 0.6 is 0 Å². The zero-order chi connectivity index (χ0) is 23.1. The van der Waals surface area contributed by atoms with Crippen LogP contribution in [0.4, 0.5) is 23.0 Å². The molecule has 0 atom stereocenters. The predicted molar refractivity (Wildman–Crippen MR) is 115 cm³/mol. The first kappa shape index (κ1) is 22.9. The van der Waals surface area contributed by atoms with Gasteiger partial charge < -0.3 is 31.2 Å². The number of hydrogen-bond acceptors (Lipinski definition) is 3. The summed E-state index contributed by atoms with van der Waals surface area (Å²) in [6, 6.07) is 25.8. The van der Waals surface area contributed by atoms with Crippen LogP contribution in [0.1, 0.15) is 0 Å². The first-order valence-electron chi connectivity index (χ1n) is 9.56. The summed E-state index contributed by atoms with van der Waals surface area (Å²) in [5, 5.41) is 2.00. The van der Waals surface area contributed by atoms with Gasteiger partial charge in [0.2, 0.25) is 11.0 Å². The van der Waals surface area contributed by atoms with E-state index in [4.69, 9.17) is 13.9 Å². The molecular weight excluding hydrogens is 425 g/mol. The molecule has 0 fully saturated rings. The smallest absolute Gasteiger partial charge is 0.493 e. The lowest BCUT2D eigenvalue weighted by molar-refractivity contribution is -0.400. The predicted octanol–water partition coefficient (Wildman–Crippen LogP) is 4.73. The molecule has 0 saturated carbocycles. The average molecular weight is 445 g/mol. The van der Waals surface area contributed by atoms with Crippen molar-refractivity contribution < 1.29 is 36.1 Å². The maximum absolute atomic E-state index is 9.75. The highest BCUT2D eigenvalue weighted by Gasteiger charge is 2.20. The van der Waals surface area contributed by atoms with E-state index >= 15 is 0 Å². The van der Waals surface area contributed by atoms with Gasteiger partial charge in [0, 0.05) is 17.7 Å². The van der Waals surface area contributed by atoms with Crippen molar-refractivity contribution in [3.63, 3.8) is 0 Å². The highest BCUT2D eigenvalue weighted by Crippen LogP contribution is 2.32. The Balaban J connectivity index is 0.000000523. The standard InChI is InChI=1S/C23H19NO3.BF4/c1-25-21-13-12-16(14-23(21)26-2)22-15-19(24-17-8-4-3-5-9-17)18-10-6-7-11-20(18)27-22;2-1(3,4)5/h3-15H,1-2H3;/q;-1/p+1. The van der Waals surface area contributed by atoms with Gasteiger partial charge in [0.25, 0.3) is 0 Å². The molecule has 4 nitrogen and oxygen atoms in total. The summed E-state index contributed by atoms with van der Waals surface area (Å²) in [5.74, 6) is 2.09. The third kappa shape index (κ3) is 6.13. The van der Waals surface area contributed by atoms with Crippen LogP contribution in [0.3, 0.4) is 0 Å². The van der Waals surface area contributed by atoms with Gasteiger partial charge in [0.1, 0.15) is 11.3 Å². The Morgan fingerprint density at radius 2 is 1.38 bits per heavy atom. The Morgan fingerprint density at radius 1 is 0.750 bits per heavy atom. The highest BCUT2D eigenvalue weighted by molar-refractivity contribution is 6.50. The fourth-order valence-electron chi connectivity index (χ4n) is 3.05. The molecule has 0 unspecified atom stereocenters. The molecule has 4 aromatic rings. The summed E-state index contributed by atoms with van der Waals surface area (Å²) >= 11 is 0. The maximum Gasteiger partial charge on any atom is 0.673 e. The molecular formula is C23H20BF4NO3. The molecule has 1 aromatic heterocycles. The molecule has 0 bridgehead atoms. The molecule has 0 spiro atoms. The summed E-state index contributed by atoms with van der Waals surface area (Å²) in [7, 11) is -2.75. The van der Waals surface area contributed by atoms with Gasteiger partial charge in [-0.2, -0.15) is 0 Å². The Hall–Kier alpha value is -3.75. The van der Waals surface area contributed by atoms with Gasteiger partial charge in [-0.05, 0) is 30.3 Å². The van der Waals surface area contributed by atoms with Crippen LogP contribution in [0.5, 0.6) is 11.5 Å². The van der Waals surface area contributed by atoms with Gasteiger partial charge in [0.15, 0.2) is 11.5 Å². The minimum atomic E-state index is -6.00. The first-order valence-corrected chi connectivity index (χ1v) is 9.56. The number of para-hydroxylation sites is 2. The molecule has 9 heteroatoms. The Morgan fingerprint density at radius 3 is 2.03 bits per heavy atom. The van der Waals surface area contributed by atoms with E-state index in [9.17, 15) is 17.3 Å². The molecule has 1 heterocycles. The van der Waals surface area contributed by atoms with Gasteiger partial charge in [-0.1, -0.05) is 30.3 Å². The van der Waals surface area contributed by atoms with Crippen LogP contribution in [-0.2, 0) is 0 Å². The van der Waals surface area contributed by atoms with Crippen molar-refractivity contribution in [1.29, 1.82) is 0 Å². The molecule has 4 rings (SSSR count). The van der Waals surface area contributed by atoms with Gasteiger partial charge in [-0.3, -0.25) is 0 Å². The summed E-state index contributed by atoms with van der Waals surface area (Å²) < 4.78 is 55.9. The van der Waals surface area contributed by atoms with E-state index in [-0.39, 0.29) is 0 Å². The van der Waals surface area contributed by atoms with Crippen molar-refractivity contribution in [3.05, 3.63) is 84.2 Å². The molecule has 0 aliphatic heterocycles. The second kappa shape index (κ2) is 10.0. The Kier molecular flexibility index (Phi) is 7.20. The van der Waals surface area contributed by atoms with E-state index < -0.39 is 7.25 Å². The number of benzene rings is 3. The van der Waals surface area contributed by atoms with Gasteiger partial charge in [-0.15, -0.1) is 0 Å². The monoisotopic (exact) mass is 445 g/mol. The van der Waals surface area contributed by atoms with E-state index in [1.807, 2.05) is 78.9 Å². The van der Waals surface area contributed by atoms with Crippen LogP contribution < -0.4 is 19.8 Å². The van der Waals surface area contributed by atoms with E-state index in [0.29, 0.717) is 11.5 Å². The minimum absolute atomic E-state index is 0.663. The lowest BCUT2D eigenvalue weighted by atomic mass is 10.1. The summed E-state index contributed by atoms with van der Waals surface area (Å²) in [6.45, 7) is 0. The lowest BCUT2D eigenvalue weighted by Gasteiger charge is -2.09. The number of hydrogen-bond donors (Lipinski definition) is 1. The van der Waals surface area contributed by atoms with Gasteiger partial charge >= 0.3 is 7.25 Å². The number of rotatable bonds is 4. The van der Waals surface area contributed by atoms with E-state index in [1.165, 1.54) is 0 Å². The summed E-state index contributed by atoms with van der Waals surface area (Å²) in [4.78, 5) is 3.49. The third-order valence-electron chi connectivity index (χ3n) is 4.39. The van der Waals surface area contributed by atoms with Gasteiger partial charge in [-0.25, -0.2) is 4.99 Å². The Bertz CT molecular complexity index is 1250. The molecule has 0 radical (unpaired) electrons. The van der Waals surface area contributed by atoms with E-state index in [0.717, 1.165) is 33.3 Å². The van der Waals surface area contributed by atoms with Crippen molar-refractivity contribution >= 4 is 23.9 Å². The molecule has 0 saturated heterocycles. The van der Waals surface area contributed by atoms with E-state index in [2.05, 4.69) is 4.99 Å². The van der Waals surface area contributed by atoms with Crippen molar-refractivity contribution in [1.82, 2.24) is 0 Å². The topological polar surface area (TPSA) is 45.6 Å².